The number of fused-ring (bicyclic) bond motifs is 3. The lowest BCUT2D eigenvalue weighted by molar-refractivity contribution is 0.0689. The number of hydrogen-bond donors (Lipinski definition) is 1. The number of rotatable bonds is 5. The summed E-state index contributed by atoms with van der Waals surface area (Å²) in [5, 5.41) is 14.1. The Bertz CT molecular complexity index is 1410. The fourth-order valence-electron chi connectivity index (χ4n) is 5.01. The Morgan fingerprint density at radius 1 is 1.21 bits per heavy atom. The molecule has 6 rings (SSSR count). The summed E-state index contributed by atoms with van der Waals surface area (Å²) >= 11 is 0. The first-order valence-electron chi connectivity index (χ1n) is 11.6. The molecule has 2 saturated heterocycles. The van der Waals surface area contributed by atoms with Crippen molar-refractivity contribution in [1.29, 1.82) is 0 Å². The van der Waals surface area contributed by atoms with Crippen LogP contribution in [0.15, 0.2) is 33.8 Å². The van der Waals surface area contributed by atoms with Gasteiger partial charge in [-0.15, -0.1) is 0 Å². The Hall–Kier alpha value is -3.15. The van der Waals surface area contributed by atoms with Gasteiger partial charge in [-0.05, 0) is 37.9 Å². The van der Waals surface area contributed by atoms with Gasteiger partial charge in [0.15, 0.2) is 0 Å². The number of β-amino-alcohol motifs (C(OH)–C–C–N with tert-alkyl or cyclic N) is 1. The fraction of sp³-hybridized carbons (Fsp3) is 0.478. The molecule has 1 N–H and O–H groups in total. The molecule has 3 aromatic heterocycles. The van der Waals surface area contributed by atoms with Crippen LogP contribution < -0.4 is 5.56 Å². The van der Waals surface area contributed by atoms with E-state index in [1.807, 2.05) is 0 Å². The van der Waals surface area contributed by atoms with Crippen LogP contribution in [0.4, 0.5) is 4.39 Å². The van der Waals surface area contributed by atoms with E-state index < -0.39 is 5.82 Å². The first-order valence-corrected chi connectivity index (χ1v) is 11.6. The van der Waals surface area contributed by atoms with Crippen LogP contribution in [-0.2, 0) is 11.3 Å². The van der Waals surface area contributed by atoms with Crippen LogP contribution in [0.5, 0.6) is 0 Å². The third-order valence-electron chi connectivity index (χ3n) is 6.76. The maximum absolute atomic E-state index is 15.0. The molecule has 2 aliphatic heterocycles. The van der Waals surface area contributed by atoms with Crippen LogP contribution in [0.25, 0.3) is 28.1 Å². The number of aliphatic hydroxyl groups is 1. The zero-order valence-corrected chi connectivity index (χ0v) is 18.6. The van der Waals surface area contributed by atoms with E-state index >= 15 is 0 Å². The highest BCUT2D eigenvalue weighted by atomic mass is 19.1. The van der Waals surface area contributed by atoms with Gasteiger partial charge in [0.1, 0.15) is 28.9 Å². The summed E-state index contributed by atoms with van der Waals surface area (Å²) in [7, 11) is 0. The number of ether oxygens (including phenoxy) is 1. The third-order valence-corrected chi connectivity index (χ3v) is 6.76. The Kier molecular flexibility index (Phi) is 5.39. The second-order valence-corrected chi connectivity index (χ2v) is 8.99. The third kappa shape index (κ3) is 3.60. The molecule has 11 heteroatoms. The predicted molar refractivity (Wildman–Crippen MR) is 120 cm³/mol. The lowest BCUT2D eigenvalue weighted by Gasteiger charge is -2.30. The van der Waals surface area contributed by atoms with Gasteiger partial charge in [0, 0.05) is 26.2 Å². The van der Waals surface area contributed by atoms with Crippen molar-refractivity contribution in [2.75, 3.05) is 32.8 Å². The summed E-state index contributed by atoms with van der Waals surface area (Å²) in [6.07, 6.45) is 3.59. The SMILES string of the molecule is O=c1c2c(-c3noc(C4CCOC4)n3)ncn2c2cccc(F)c2n1CCN1CCCC(O)C1. The van der Waals surface area contributed by atoms with Gasteiger partial charge in [0.25, 0.3) is 5.56 Å². The fourth-order valence-corrected chi connectivity index (χ4v) is 5.01. The van der Waals surface area contributed by atoms with E-state index in [4.69, 9.17) is 9.26 Å². The Morgan fingerprint density at radius 3 is 2.94 bits per heavy atom. The maximum atomic E-state index is 15.0. The van der Waals surface area contributed by atoms with Gasteiger partial charge in [0.05, 0.1) is 24.1 Å². The minimum Gasteiger partial charge on any atom is -0.392 e. The van der Waals surface area contributed by atoms with Crippen molar-refractivity contribution < 1.29 is 18.8 Å². The summed E-state index contributed by atoms with van der Waals surface area (Å²) in [6, 6.07) is 4.72. The van der Waals surface area contributed by atoms with Crippen LogP contribution in [0.1, 0.15) is 31.1 Å². The van der Waals surface area contributed by atoms with Gasteiger partial charge < -0.3 is 18.9 Å². The molecule has 0 radical (unpaired) electrons. The van der Waals surface area contributed by atoms with Crippen molar-refractivity contribution in [2.24, 2.45) is 0 Å². The summed E-state index contributed by atoms with van der Waals surface area (Å²) in [5.41, 5.74) is 0.940. The number of benzene rings is 1. The van der Waals surface area contributed by atoms with Crippen molar-refractivity contribution in [3.63, 3.8) is 0 Å². The van der Waals surface area contributed by atoms with Crippen LogP contribution in [0.2, 0.25) is 0 Å². The highest BCUT2D eigenvalue weighted by molar-refractivity contribution is 5.84. The van der Waals surface area contributed by atoms with Crippen LogP contribution in [-0.4, -0.2) is 73.1 Å². The standard InChI is InChI=1S/C23H25FN6O4/c24-16-4-1-5-17-19(16)29(9-8-28-7-2-3-15(31)11-28)23(32)20-18(25-13-30(17)20)21-26-22(34-27-21)14-6-10-33-12-14/h1,4-5,13-15,31H,2-3,6-12H2. The molecule has 2 atom stereocenters. The zero-order valence-electron chi connectivity index (χ0n) is 18.6. The van der Waals surface area contributed by atoms with E-state index in [-0.39, 0.29) is 41.0 Å². The van der Waals surface area contributed by atoms with Crippen molar-refractivity contribution in [3.8, 4) is 11.5 Å². The van der Waals surface area contributed by atoms with Crippen LogP contribution in [0.3, 0.4) is 0 Å². The van der Waals surface area contributed by atoms with E-state index in [1.165, 1.54) is 17.0 Å². The Morgan fingerprint density at radius 2 is 2.12 bits per heavy atom. The molecule has 178 valence electrons. The van der Waals surface area contributed by atoms with Gasteiger partial charge >= 0.3 is 0 Å². The minimum atomic E-state index is -0.478. The molecule has 2 unspecified atom stereocenters. The first kappa shape index (κ1) is 21.4. The summed E-state index contributed by atoms with van der Waals surface area (Å²) in [4.78, 5) is 24.7. The molecule has 1 aromatic carbocycles. The van der Waals surface area contributed by atoms with E-state index in [2.05, 4.69) is 20.0 Å². The lowest BCUT2D eigenvalue weighted by atomic mass is 10.1. The molecule has 4 aromatic rings. The van der Waals surface area contributed by atoms with Crippen LogP contribution >= 0.6 is 0 Å². The smallest absolute Gasteiger partial charge is 0.277 e. The van der Waals surface area contributed by atoms with Crippen LogP contribution in [0, 0.1) is 5.82 Å². The first-order chi connectivity index (χ1) is 16.6. The van der Waals surface area contributed by atoms with Crippen molar-refractivity contribution >= 4 is 16.6 Å². The number of hydrogen-bond acceptors (Lipinski definition) is 8. The molecular weight excluding hydrogens is 443 g/mol. The molecule has 2 fully saturated rings. The molecule has 0 amide bonds. The van der Waals surface area contributed by atoms with Crippen molar-refractivity contribution in [3.05, 3.63) is 46.6 Å². The normalized spacial score (nSPS) is 21.7. The quantitative estimate of drug-likeness (QED) is 0.472. The van der Waals surface area contributed by atoms with Crippen molar-refractivity contribution in [1.82, 2.24) is 29.0 Å². The van der Waals surface area contributed by atoms with Gasteiger partial charge in [-0.3, -0.25) is 14.1 Å². The maximum Gasteiger partial charge on any atom is 0.277 e. The number of likely N-dealkylation sites (tertiary alicyclic amines) is 1. The second kappa shape index (κ2) is 8.57. The number of piperidine rings is 1. The molecule has 0 saturated carbocycles. The zero-order chi connectivity index (χ0) is 23.2. The molecule has 0 aliphatic carbocycles. The summed E-state index contributed by atoms with van der Waals surface area (Å²) < 4.78 is 28.9. The average Bonchev–Trinajstić information content (AvgIpc) is 3.59. The largest absolute Gasteiger partial charge is 0.392 e. The van der Waals surface area contributed by atoms with E-state index in [9.17, 15) is 14.3 Å². The van der Waals surface area contributed by atoms with Gasteiger partial charge in [0.2, 0.25) is 11.7 Å². The monoisotopic (exact) mass is 468 g/mol. The number of nitrogens with zero attached hydrogens (tertiary/aromatic N) is 6. The Balaban J connectivity index is 1.45. The molecule has 2 aliphatic rings. The minimum absolute atomic E-state index is 0.0293. The molecule has 0 spiro atoms. The Labute approximate surface area is 193 Å². The molecular formula is C23H25FN6O4. The highest BCUT2D eigenvalue weighted by Gasteiger charge is 2.27. The summed E-state index contributed by atoms with van der Waals surface area (Å²) in [5.74, 6) is 0.238. The number of imidazole rings is 1. The second-order valence-electron chi connectivity index (χ2n) is 8.99. The highest BCUT2D eigenvalue weighted by Crippen LogP contribution is 2.28. The number of aliphatic hydroxyl groups excluding tert-OH is 1. The van der Waals surface area contributed by atoms with Gasteiger partial charge in [-0.2, -0.15) is 4.98 Å². The molecule has 0 bridgehead atoms. The number of aromatic nitrogens is 5. The lowest BCUT2D eigenvalue weighted by Crippen LogP contribution is -2.41. The van der Waals surface area contributed by atoms with E-state index in [1.54, 1.807) is 16.5 Å². The topological polar surface area (TPSA) is 111 Å². The van der Waals surface area contributed by atoms with Gasteiger partial charge in [-0.25, -0.2) is 9.37 Å². The van der Waals surface area contributed by atoms with E-state index in [0.717, 1.165) is 25.8 Å². The van der Waals surface area contributed by atoms with Crippen molar-refractivity contribution in [2.45, 2.75) is 37.8 Å². The molecule has 5 heterocycles. The van der Waals surface area contributed by atoms with Gasteiger partial charge in [-0.1, -0.05) is 11.2 Å². The molecule has 34 heavy (non-hydrogen) atoms. The molecule has 10 nitrogen and oxygen atoms in total. The summed E-state index contributed by atoms with van der Waals surface area (Å²) in [6.45, 7) is 3.35. The average molecular weight is 468 g/mol. The van der Waals surface area contributed by atoms with E-state index in [0.29, 0.717) is 43.4 Å². The number of halogens is 1. The predicted octanol–water partition coefficient (Wildman–Crippen LogP) is 1.80. The number of para-hydroxylation sites is 1.